The number of nitrogens with one attached hydrogen (secondary N) is 2. The van der Waals surface area contributed by atoms with Gasteiger partial charge in [-0.25, -0.2) is 0 Å². The number of carbonyl (C=O) groups is 1. The summed E-state index contributed by atoms with van der Waals surface area (Å²) in [5, 5.41) is 15.0. The molecule has 4 rings (SSSR count). The van der Waals surface area contributed by atoms with E-state index < -0.39 is 0 Å². The molecule has 4 aromatic rings. The standard InChI is InChI=1S/C23H19N5OS/c1-16-14-20-21(27-28(26-20)18-10-6-3-7-11-18)15-19(16)24-23(30)25-22(29)13-12-17-8-4-2-5-9-17/h2-15H,1H3,(H2,24,25,29,30)/b13-12+. The van der Waals surface area contributed by atoms with Gasteiger partial charge in [-0.3, -0.25) is 10.1 Å². The summed E-state index contributed by atoms with van der Waals surface area (Å²) in [7, 11) is 0. The number of para-hydroxylation sites is 1. The van der Waals surface area contributed by atoms with Crippen molar-refractivity contribution in [2.75, 3.05) is 5.32 Å². The Morgan fingerprint density at radius 3 is 2.30 bits per heavy atom. The Labute approximate surface area is 179 Å². The molecule has 6 nitrogen and oxygen atoms in total. The third-order valence-electron chi connectivity index (χ3n) is 4.43. The number of hydrogen-bond donors (Lipinski definition) is 2. The molecule has 3 aromatic carbocycles. The van der Waals surface area contributed by atoms with Crippen LogP contribution >= 0.6 is 12.2 Å². The Morgan fingerprint density at radius 2 is 1.60 bits per heavy atom. The molecule has 1 amide bonds. The summed E-state index contributed by atoms with van der Waals surface area (Å²) in [6.45, 7) is 1.95. The van der Waals surface area contributed by atoms with Crippen LogP contribution in [0.1, 0.15) is 11.1 Å². The zero-order chi connectivity index (χ0) is 20.9. The van der Waals surface area contributed by atoms with Crippen LogP contribution in [-0.2, 0) is 4.79 Å². The van der Waals surface area contributed by atoms with Crippen molar-refractivity contribution in [1.29, 1.82) is 0 Å². The third kappa shape index (κ3) is 4.59. The molecule has 7 heteroatoms. The van der Waals surface area contributed by atoms with E-state index >= 15 is 0 Å². The van der Waals surface area contributed by atoms with Crippen molar-refractivity contribution in [3.8, 4) is 5.69 Å². The zero-order valence-corrected chi connectivity index (χ0v) is 17.1. The predicted octanol–water partition coefficient (Wildman–Crippen LogP) is 4.26. The molecule has 30 heavy (non-hydrogen) atoms. The number of aromatic nitrogens is 3. The molecule has 0 aliphatic rings. The monoisotopic (exact) mass is 413 g/mol. The SMILES string of the molecule is Cc1cc2nn(-c3ccccc3)nc2cc1NC(=S)NC(=O)/C=C/c1ccccc1. The Balaban J connectivity index is 1.46. The van der Waals surface area contributed by atoms with Gasteiger partial charge < -0.3 is 5.32 Å². The molecule has 1 heterocycles. The lowest BCUT2D eigenvalue weighted by Gasteiger charge is -2.10. The van der Waals surface area contributed by atoms with Gasteiger partial charge in [-0.15, -0.1) is 10.2 Å². The molecule has 0 fully saturated rings. The molecular formula is C23H19N5OS. The van der Waals surface area contributed by atoms with Crippen molar-refractivity contribution < 1.29 is 4.79 Å². The first-order valence-electron chi connectivity index (χ1n) is 9.37. The van der Waals surface area contributed by atoms with Gasteiger partial charge in [0.15, 0.2) is 5.11 Å². The molecule has 0 atom stereocenters. The highest BCUT2D eigenvalue weighted by Gasteiger charge is 2.10. The average Bonchev–Trinajstić information content (AvgIpc) is 3.16. The van der Waals surface area contributed by atoms with Crippen LogP contribution in [0.5, 0.6) is 0 Å². The summed E-state index contributed by atoms with van der Waals surface area (Å²) in [5.74, 6) is -0.301. The second-order valence-electron chi connectivity index (χ2n) is 6.67. The number of aryl methyl sites for hydroxylation is 1. The molecule has 148 valence electrons. The number of rotatable bonds is 4. The summed E-state index contributed by atoms with van der Waals surface area (Å²) >= 11 is 5.29. The first kappa shape index (κ1) is 19.5. The lowest BCUT2D eigenvalue weighted by molar-refractivity contribution is -0.115. The second kappa shape index (κ2) is 8.67. The molecule has 2 N–H and O–H groups in total. The van der Waals surface area contributed by atoms with Gasteiger partial charge in [0.2, 0.25) is 5.91 Å². The van der Waals surface area contributed by atoms with E-state index in [1.54, 1.807) is 10.9 Å². The number of carbonyl (C=O) groups excluding carboxylic acids is 1. The van der Waals surface area contributed by atoms with E-state index in [0.717, 1.165) is 33.5 Å². The van der Waals surface area contributed by atoms with Crippen molar-refractivity contribution in [3.05, 3.63) is 90.0 Å². The Hall–Kier alpha value is -3.84. The second-order valence-corrected chi connectivity index (χ2v) is 7.08. The fraction of sp³-hybridized carbons (Fsp3) is 0.0435. The first-order chi connectivity index (χ1) is 14.6. The van der Waals surface area contributed by atoms with Gasteiger partial charge in [0.05, 0.1) is 5.69 Å². The Morgan fingerprint density at radius 1 is 0.967 bits per heavy atom. The highest BCUT2D eigenvalue weighted by molar-refractivity contribution is 7.80. The quantitative estimate of drug-likeness (QED) is 0.386. The van der Waals surface area contributed by atoms with Crippen LogP contribution in [0.15, 0.2) is 78.9 Å². The molecule has 0 bridgehead atoms. The molecule has 0 spiro atoms. The third-order valence-corrected chi connectivity index (χ3v) is 4.63. The molecule has 0 saturated heterocycles. The largest absolute Gasteiger partial charge is 0.332 e. The number of benzene rings is 3. The molecular weight excluding hydrogens is 394 g/mol. The van der Waals surface area contributed by atoms with Crippen LogP contribution in [0.2, 0.25) is 0 Å². The van der Waals surface area contributed by atoms with Crippen molar-refractivity contribution in [2.24, 2.45) is 0 Å². The van der Waals surface area contributed by atoms with Crippen molar-refractivity contribution in [1.82, 2.24) is 20.3 Å². The maximum absolute atomic E-state index is 12.1. The van der Waals surface area contributed by atoms with Crippen LogP contribution in [0.25, 0.3) is 22.8 Å². The van der Waals surface area contributed by atoms with E-state index in [1.807, 2.05) is 79.7 Å². The predicted molar refractivity (Wildman–Crippen MR) is 123 cm³/mol. The summed E-state index contributed by atoms with van der Waals surface area (Å²) < 4.78 is 0. The van der Waals surface area contributed by atoms with Crippen molar-refractivity contribution >= 4 is 46.0 Å². The van der Waals surface area contributed by atoms with Crippen LogP contribution in [0, 0.1) is 6.92 Å². The molecule has 0 saturated carbocycles. The van der Waals surface area contributed by atoms with Gasteiger partial charge in [0.25, 0.3) is 0 Å². The van der Waals surface area contributed by atoms with Crippen molar-refractivity contribution in [3.63, 3.8) is 0 Å². The van der Waals surface area contributed by atoms with Crippen LogP contribution in [0.4, 0.5) is 5.69 Å². The summed E-state index contributed by atoms with van der Waals surface area (Å²) in [6, 6.07) is 23.1. The number of fused-ring (bicyclic) bond motifs is 1. The minimum atomic E-state index is -0.301. The minimum absolute atomic E-state index is 0.218. The van der Waals surface area contributed by atoms with Gasteiger partial charge in [-0.05, 0) is 60.6 Å². The highest BCUT2D eigenvalue weighted by Crippen LogP contribution is 2.22. The molecule has 0 aliphatic heterocycles. The number of nitrogens with zero attached hydrogens (tertiary/aromatic N) is 3. The maximum atomic E-state index is 12.1. The first-order valence-corrected chi connectivity index (χ1v) is 9.77. The van der Waals surface area contributed by atoms with E-state index in [2.05, 4.69) is 20.8 Å². The molecule has 0 unspecified atom stereocenters. The van der Waals surface area contributed by atoms with Crippen LogP contribution in [-0.4, -0.2) is 26.0 Å². The van der Waals surface area contributed by atoms with Crippen molar-refractivity contribution in [2.45, 2.75) is 6.92 Å². The zero-order valence-electron chi connectivity index (χ0n) is 16.2. The van der Waals surface area contributed by atoms with Gasteiger partial charge in [-0.2, -0.15) is 4.80 Å². The normalized spacial score (nSPS) is 11.0. The van der Waals surface area contributed by atoms with Gasteiger partial charge >= 0.3 is 0 Å². The topological polar surface area (TPSA) is 71.8 Å². The van der Waals surface area contributed by atoms with Gasteiger partial charge in [0.1, 0.15) is 11.0 Å². The van der Waals surface area contributed by atoms with E-state index in [0.29, 0.717) is 0 Å². The minimum Gasteiger partial charge on any atom is -0.332 e. The molecule has 0 aliphatic carbocycles. The average molecular weight is 414 g/mol. The lowest BCUT2D eigenvalue weighted by atomic mass is 10.2. The molecule has 0 radical (unpaired) electrons. The van der Waals surface area contributed by atoms with E-state index in [4.69, 9.17) is 12.2 Å². The van der Waals surface area contributed by atoms with Crippen LogP contribution < -0.4 is 10.6 Å². The van der Waals surface area contributed by atoms with E-state index in [1.165, 1.54) is 6.08 Å². The van der Waals surface area contributed by atoms with E-state index in [-0.39, 0.29) is 11.0 Å². The van der Waals surface area contributed by atoms with E-state index in [9.17, 15) is 4.79 Å². The number of amides is 1. The molecule has 1 aromatic heterocycles. The Kier molecular flexibility index (Phi) is 5.63. The summed E-state index contributed by atoms with van der Waals surface area (Å²) in [6.07, 6.45) is 3.18. The number of hydrogen-bond acceptors (Lipinski definition) is 4. The fourth-order valence-electron chi connectivity index (χ4n) is 2.92. The summed E-state index contributed by atoms with van der Waals surface area (Å²) in [4.78, 5) is 13.7. The Bertz CT molecular complexity index is 1230. The summed E-state index contributed by atoms with van der Waals surface area (Å²) in [5.41, 5.74) is 5.04. The fourth-order valence-corrected chi connectivity index (χ4v) is 3.13. The smallest absolute Gasteiger partial charge is 0.250 e. The van der Waals surface area contributed by atoms with Gasteiger partial charge in [0, 0.05) is 11.8 Å². The van der Waals surface area contributed by atoms with Crippen LogP contribution in [0.3, 0.4) is 0 Å². The number of anilines is 1. The lowest BCUT2D eigenvalue weighted by Crippen LogP contribution is -2.33. The number of thiocarbonyl (C=S) groups is 1. The maximum Gasteiger partial charge on any atom is 0.250 e. The highest BCUT2D eigenvalue weighted by atomic mass is 32.1. The van der Waals surface area contributed by atoms with Gasteiger partial charge in [-0.1, -0.05) is 48.5 Å².